The summed E-state index contributed by atoms with van der Waals surface area (Å²) in [5.41, 5.74) is 2.24. The topological polar surface area (TPSA) is 54.4 Å². The van der Waals surface area contributed by atoms with Gasteiger partial charge in [-0.15, -0.1) is 6.07 Å². The predicted molar refractivity (Wildman–Crippen MR) is 79.4 cm³/mol. The number of benzene rings is 2. The van der Waals surface area contributed by atoms with Gasteiger partial charge in [0.1, 0.15) is 5.75 Å². The standard InChI is InChI=1S/C14H9O3.C3H7.K/c15-8-10-2-1-3-11(6-10)12-4-5-14(17)13(7-12)9-16;1-3-2;/h1-7,9,17H;3H,1-2H3;/q2*-1;+1. The summed E-state index contributed by atoms with van der Waals surface area (Å²) in [4.78, 5) is 21.3. The first-order valence-electron chi connectivity index (χ1n) is 6.17. The molecular formula is C17H16KO3-. The smallest absolute Gasteiger partial charge is 0.507 e. The van der Waals surface area contributed by atoms with Crippen LogP contribution in [-0.2, 0) is 4.79 Å². The van der Waals surface area contributed by atoms with Crippen LogP contribution in [0.3, 0.4) is 0 Å². The van der Waals surface area contributed by atoms with Crippen molar-refractivity contribution in [3.8, 4) is 16.9 Å². The molecule has 0 fully saturated rings. The van der Waals surface area contributed by atoms with Crippen molar-refractivity contribution < 1.29 is 66.1 Å². The normalized spacial score (nSPS) is 8.86. The molecule has 0 aliphatic heterocycles. The van der Waals surface area contributed by atoms with E-state index in [2.05, 4.69) is 0 Å². The van der Waals surface area contributed by atoms with Crippen LogP contribution in [0.4, 0.5) is 0 Å². The SMILES string of the molecule is C[CH-]C.O=[C-]c1cccc(-c2ccc(O)c(C=O)c2)c1.[K+]. The molecule has 1 N–H and O–H groups in total. The van der Waals surface area contributed by atoms with E-state index in [1.807, 2.05) is 32.6 Å². The summed E-state index contributed by atoms with van der Waals surface area (Å²) in [7, 11) is 0. The second-order valence-corrected chi connectivity index (χ2v) is 4.15. The summed E-state index contributed by atoms with van der Waals surface area (Å²) < 4.78 is 0. The second kappa shape index (κ2) is 10.9. The van der Waals surface area contributed by atoms with Crippen molar-refractivity contribution in [2.24, 2.45) is 0 Å². The third kappa shape index (κ3) is 6.24. The number of aldehydes is 1. The van der Waals surface area contributed by atoms with Crippen LogP contribution in [0, 0.1) is 6.42 Å². The third-order valence-electron chi connectivity index (χ3n) is 2.47. The summed E-state index contributed by atoms with van der Waals surface area (Å²) >= 11 is 0. The van der Waals surface area contributed by atoms with Gasteiger partial charge in [-0.3, -0.25) is 4.79 Å². The quantitative estimate of drug-likeness (QED) is 0.512. The summed E-state index contributed by atoms with van der Waals surface area (Å²) in [5.74, 6) is -0.0538. The zero-order valence-electron chi connectivity index (χ0n) is 12.5. The van der Waals surface area contributed by atoms with Gasteiger partial charge < -0.3 is 16.3 Å². The van der Waals surface area contributed by atoms with Gasteiger partial charge >= 0.3 is 51.4 Å². The molecule has 0 aliphatic rings. The van der Waals surface area contributed by atoms with Gasteiger partial charge in [0, 0.05) is 0 Å². The molecular weight excluding hydrogens is 291 g/mol. The van der Waals surface area contributed by atoms with Crippen molar-refractivity contribution in [1.82, 2.24) is 0 Å². The van der Waals surface area contributed by atoms with Crippen molar-refractivity contribution >= 4 is 12.6 Å². The summed E-state index contributed by atoms with van der Waals surface area (Å²) in [5, 5.41) is 9.39. The zero-order chi connectivity index (χ0) is 15.0. The van der Waals surface area contributed by atoms with Gasteiger partial charge in [-0.25, -0.2) is 0 Å². The molecule has 0 aromatic heterocycles. The van der Waals surface area contributed by atoms with E-state index >= 15 is 0 Å². The Balaban J connectivity index is 0.000000922. The minimum atomic E-state index is -0.0538. The van der Waals surface area contributed by atoms with Gasteiger partial charge in [-0.05, 0) is 17.7 Å². The molecule has 0 spiro atoms. The molecule has 0 unspecified atom stereocenters. The third-order valence-corrected chi connectivity index (χ3v) is 2.47. The number of hydrogen-bond donors (Lipinski definition) is 1. The molecule has 104 valence electrons. The van der Waals surface area contributed by atoms with E-state index in [-0.39, 0.29) is 62.7 Å². The number of phenols is 1. The Bertz CT molecular complexity index is 594. The van der Waals surface area contributed by atoms with E-state index in [1.165, 1.54) is 6.07 Å². The van der Waals surface area contributed by atoms with E-state index in [9.17, 15) is 14.7 Å². The molecule has 21 heavy (non-hydrogen) atoms. The molecule has 0 heterocycles. The predicted octanol–water partition coefficient (Wildman–Crippen LogP) is 0.564. The molecule has 0 amide bonds. The minimum Gasteiger partial charge on any atom is -0.507 e. The summed E-state index contributed by atoms with van der Waals surface area (Å²) in [6.45, 7) is 4.00. The van der Waals surface area contributed by atoms with Crippen LogP contribution in [0.15, 0.2) is 42.5 Å². The van der Waals surface area contributed by atoms with E-state index in [1.54, 1.807) is 30.3 Å². The van der Waals surface area contributed by atoms with Crippen molar-refractivity contribution in [2.75, 3.05) is 0 Å². The average Bonchev–Trinajstić information content (AvgIpc) is 2.48. The number of aromatic hydroxyl groups is 1. The van der Waals surface area contributed by atoms with Gasteiger partial charge in [-0.1, -0.05) is 17.7 Å². The van der Waals surface area contributed by atoms with Crippen LogP contribution in [0.5, 0.6) is 5.75 Å². The zero-order valence-corrected chi connectivity index (χ0v) is 15.6. The number of rotatable bonds is 3. The molecule has 2 aromatic rings. The summed E-state index contributed by atoms with van der Waals surface area (Å²) in [6, 6.07) is 11.6. The molecule has 0 saturated carbocycles. The Morgan fingerprint density at radius 1 is 1.10 bits per heavy atom. The van der Waals surface area contributed by atoms with Crippen molar-refractivity contribution in [2.45, 2.75) is 13.8 Å². The Morgan fingerprint density at radius 2 is 1.71 bits per heavy atom. The van der Waals surface area contributed by atoms with Crippen LogP contribution in [0.25, 0.3) is 11.1 Å². The van der Waals surface area contributed by atoms with E-state index in [0.29, 0.717) is 11.8 Å². The maximum atomic E-state index is 10.7. The number of phenolic OH excluding ortho intramolecular Hbond substituents is 1. The number of carbonyl (C=O) groups is 1. The number of hydrogen-bond acceptors (Lipinski definition) is 3. The molecule has 3 nitrogen and oxygen atoms in total. The maximum Gasteiger partial charge on any atom is 1.00 e. The first-order valence-corrected chi connectivity index (χ1v) is 6.17. The van der Waals surface area contributed by atoms with Crippen LogP contribution < -0.4 is 51.4 Å². The number of carbonyl (C=O) groups excluding carboxylic acids is 2. The van der Waals surface area contributed by atoms with Crippen molar-refractivity contribution in [3.63, 3.8) is 0 Å². The van der Waals surface area contributed by atoms with Crippen molar-refractivity contribution in [3.05, 3.63) is 60.0 Å². The van der Waals surface area contributed by atoms with Gasteiger partial charge in [0.2, 0.25) is 0 Å². The van der Waals surface area contributed by atoms with Gasteiger partial charge in [-0.2, -0.15) is 31.5 Å². The second-order valence-electron chi connectivity index (χ2n) is 4.15. The molecule has 2 rings (SSSR count). The molecule has 4 heteroatoms. The molecule has 0 saturated heterocycles. The van der Waals surface area contributed by atoms with E-state index < -0.39 is 0 Å². The molecule has 2 aromatic carbocycles. The monoisotopic (exact) mass is 307 g/mol. The Morgan fingerprint density at radius 3 is 2.29 bits per heavy atom. The van der Waals surface area contributed by atoms with Crippen LogP contribution in [-0.4, -0.2) is 17.7 Å². The van der Waals surface area contributed by atoms with E-state index in [0.717, 1.165) is 11.1 Å². The maximum absolute atomic E-state index is 10.7. The first kappa shape index (κ1) is 20.2. The van der Waals surface area contributed by atoms with Gasteiger partial charge in [0.15, 0.2) is 6.29 Å². The Kier molecular flexibility index (Phi) is 10.5. The Hall–Kier alpha value is -0.784. The van der Waals surface area contributed by atoms with Crippen LogP contribution in [0.2, 0.25) is 0 Å². The largest absolute Gasteiger partial charge is 1.00 e. The molecule has 0 atom stereocenters. The first-order chi connectivity index (χ1) is 9.65. The van der Waals surface area contributed by atoms with E-state index in [4.69, 9.17) is 0 Å². The summed E-state index contributed by atoms with van der Waals surface area (Å²) in [6.07, 6.45) is 4.40. The molecule has 0 bridgehead atoms. The minimum absolute atomic E-state index is 0. The fraction of sp³-hybridized carbons (Fsp3) is 0.118. The van der Waals surface area contributed by atoms with Crippen LogP contribution in [0.1, 0.15) is 29.8 Å². The van der Waals surface area contributed by atoms with Gasteiger partial charge in [0.05, 0.1) is 11.8 Å². The van der Waals surface area contributed by atoms with Gasteiger partial charge in [0.25, 0.3) is 0 Å². The molecule has 0 aliphatic carbocycles. The fourth-order valence-corrected chi connectivity index (χ4v) is 1.59. The Labute approximate surface area is 167 Å². The van der Waals surface area contributed by atoms with Crippen molar-refractivity contribution in [1.29, 1.82) is 0 Å². The average molecular weight is 307 g/mol. The molecule has 0 radical (unpaired) electrons. The van der Waals surface area contributed by atoms with Crippen LogP contribution >= 0.6 is 0 Å². The fourth-order valence-electron chi connectivity index (χ4n) is 1.59.